The van der Waals surface area contributed by atoms with E-state index in [-0.39, 0.29) is 11.4 Å². The van der Waals surface area contributed by atoms with Crippen molar-refractivity contribution in [1.82, 2.24) is 4.90 Å². The molecule has 0 aliphatic carbocycles. The molecule has 1 saturated heterocycles. The fourth-order valence-corrected chi connectivity index (χ4v) is 2.47. The van der Waals surface area contributed by atoms with E-state index in [1.165, 1.54) is 6.07 Å². The Balaban J connectivity index is 2.27. The zero-order valence-electron chi connectivity index (χ0n) is 11.4. The summed E-state index contributed by atoms with van der Waals surface area (Å²) < 4.78 is 13.2. The van der Waals surface area contributed by atoms with E-state index in [0.717, 1.165) is 30.9 Å². The summed E-state index contributed by atoms with van der Waals surface area (Å²) in [5.74, 6) is -0.215. The zero-order chi connectivity index (χ0) is 13.3. The second kappa shape index (κ2) is 4.86. The molecule has 1 fully saturated rings. The second-order valence-corrected chi connectivity index (χ2v) is 5.63. The van der Waals surface area contributed by atoms with E-state index in [9.17, 15) is 4.39 Å². The Hall–Kier alpha value is -1.13. The average Bonchev–Trinajstić information content (AvgIpc) is 2.32. The van der Waals surface area contributed by atoms with Gasteiger partial charge >= 0.3 is 0 Å². The molecule has 1 aliphatic rings. The van der Waals surface area contributed by atoms with Crippen molar-refractivity contribution >= 4 is 5.69 Å². The molecule has 0 atom stereocenters. The van der Waals surface area contributed by atoms with Gasteiger partial charge in [-0.05, 0) is 44.7 Å². The highest BCUT2D eigenvalue weighted by molar-refractivity contribution is 5.54. The number of hydrogen-bond donors (Lipinski definition) is 1. The number of benzene rings is 1. The van der Waals surface area contributed by atoms with Crippen molar-refractivity contribution in [2.75, 3.05) is 31.6 Å². The van der Waals surface area contributed by atoms with Crippen molar-refractivity contribution in [2.45, 2.75) is 25.9 Å². The first-order valence-electron chi connectivity index (χ1n) is 6.39. The monoisotopic (exact) mass is 251 g/mol. The van der Waals surface area contributed by atoms with Crippen molar-refractivity contribution in [3.8, 4) is 0 Å². The van der Waals surface area contributed by atoms with E-state index < -0.39 is 0 Å². The number of nitrogens with zero attached hydrogens (tertiary/aromatic N) is 2. The van der Waals surface area contributed by atoms with Crippen LogP contribution in [0.25, 0.3) is 0 Å². The Morgan fingerprint density at radius 1 is 1.33 bits per heavy atom. The van der Waals surface area contributed by atoms with Gasteiger partial charge in [0.15, 0.2) is 0 Å². The first-order chi connectivity index (χ1) is 8.44. The van der Waals surface area contributed by atoms with E-state index in [2.05, 4.69) is 30.7 Å². The molecule has 0 unspecified atom stereocenters. The third-order valence-corrected chi connectivity index (χ3v) is 3.92. The summed E-state index contributed by atoms with van der Waals surface area (Å²) in [4.78, 5) is 4.66. The van der Waals surface area contributed by atoms with Crippen LogP contribution in [0.4, 0.5) is 10.1 Å². The molecule has 18 heavy (non-hydrogen) atoms. The molecule has 0 radical (unpaired) electrons. The van der Waals surface area contributed by atoms with Crippen molar-refractivity contribution < 1.29 is 4.39 Å². The topological polar surface area (TPSA) is 32.5 Å². The van der Waals surface area contributed by atoms with Gasteiger partial charge in [0.05, 0.1) is 0 Å². The quantitative estimate of drug-likeness (QED) is 0.870. The normalized spacial score (nSPS) is 20.2. The zero-order valence-corrected chi connectivity index (χ0v) is 11.4. The molecule has 0 amide bonds. The lowest BCUT2D eigenvalue weighted by atomic mass is 9.98. The Morgan fingerprint density at radius 2 is 2.06 bits per heavy atom. The van der Waals surface area contributed by atoms with Crippen molar-refractivity contribution in [3.05, 3.63) is 29.6 Å². The van der Waals surface area contributed by atoms with Crippen LogP contribution in [0.2, 0.25) is 0 Å². The van der Waals surface area contributed by atoms with Crippen LogP contribution in [-0.4, -0.2) is 37.1 Å². The molecule has 1 aromatic rings. The summed E-state index contributed by atoms with van der Waals surface area (Å²) >= 11 is 0. The predicted octanol–water partition coefficient (Wildman–Crippen LogP) is 1.81. The van der Waals surface area contributed by atoms with E-state index in [0.29, 0.717) is 6.54 Å². The van der Waals surface area contributed by atoms with Gasteiger partial charge in [0.1, 0.15) is 5.82 Å². The molecule has 3 nitrogen and oxygen atoms in total. The number of nitrogens with two attached hydrogens (primary N) is 1. The highest BCUT2D eigenvalue weighted by Gasteiger charge is 2.31. The summed E-state index contributed by atoms with van der Waals surface area (Å²) in [6.45, 7) is 7.73. The number of anilines is 1. The van der Waals surface area contributed by atoms with Crippen LogP contribution in [-0.2, 0) is 6.54 Å². The number of hydrogen-bond acceptors (Lipinski definition) is 3. The maximum atomic E-state index is 13.2. The number of piperazine rings is 1. The molecular weight excluding hydrogens is 229 g/mol. The van der Waals surface area contributed by atoms with Gasteiger partial charge in [-0.2, -0.15) is 0 Å². The second-order valence-electron chi connectivity index (χ2n) is 5.63. The molecule has 4 heteroatoms. The fraction of sp³-hybridized carbons (Fsp3) is 0.571. The maximum Gasteiger partial charge on any atom is 0.123 e. The minimum atomic E-state index is -0.215. The molecule has 0 spiro atoms. The van der Waals surface area contributed by atoms with Gasteiger partial charge in [-0.1, -0.05) is 0 Å². The number of rotatable bonds is 2. The molecule has 1 aliphatic heterocycles. The van der Waals surface area contributed by atoms with Crippen LogP contribution in [0.1, 0.15) is 19.4 Å². The van der Waals surface area contributed by atoms with Gasteiger partial charge in [-0.15, -0.1) is 0 Å². The Morgan fingerprint density at radius 3 is 2.67 bits per heavy atom. The first-order valence-corrected chi connectivity index (χ1v) is 6.39. The van der Waals surface area contributed by atoms with Crippen molar-refractivity contribution in [3.63, 3.8) is 0 Å². The molecule has 2 rings (SSSR count). The number of likely N-dealkylation sites (N-methyl/N-ethyl adjacent to an activating group) is 1. The highest BCUT2D eigenvalue weighted by atomic mass is 19.1. The van der Waals surface area contributed by atoms with Crippen LogP contribution in [0.15, 0.2) is 18.2 Å². The molecule has 100 valence electrons. The van der Waals surface area contributed by atoms with Crippen LogP contribution >= 0.6 is 0 Å². The summed E-state index contributed by atoms with van der Waals surface area (Å²) in [7, 11) is 2.14. The molecule has 1 aromatic carbocycles. The summed E-state index contributed by atoms with van der Waals surface area (Å²) in [5.41, 5.74) is 7.79. The van der Waals surface area contributed by atoms with E-state index >= 15 is 0 Å². The van der Waals surface area contributed by atoms with Crippen LogP contribution in [0, 0.1) is 5.82 Å². The van der Waals surface area contributed by atoms with Crippen LogP contribution in [0.3, 0.4) is 0 Å². The third kappa shape index (κ3) is 2.49. The fourth-order valence-electron chi connectivity index (χ4n) is 2.47. The van der Waals surface area contributed by atoms with Gasteiger partial charge in [-0.3, -0.25) is 4.90 Å². The standard InChI is InChI=1S/C14H22FN3/c1-14(2)10-18(7-6-17(14)3)13-5-4-12(15)8-11(13)9-16/h4-5,8H,6-7,9-10,16H2,1-3H3. The smallest absolute Gasteiger partial charge is 0.123 e. The van der Waals surface area contributed by atoms with Gasteiger partial charge in [0.25, 0.3) is 0 Å². The lowest BCUT2D eigenvalue weighted by molar-refractivity contribution is 0.139. The Kier molecular flexibility index (Phi) is 3.59. The molecule has 1 heterocycles. The Labute approximate surface area is 108 Å². The molecule has 0 bridgehead atoms. The summed E-state index contributed by atoms with van der Waals surface area (Å²) in [6, 6.07) is 4.90. The minimum absolute atomic E-state index is 0.124. The maximum absolute atomic E-state index is 13.2. The molecule has 0 saturated carbocycles. The summed E-state index contributed by atoms with van der Waals surface area (Å²) in [6.07, 6.45) is 0. The lowest BCUT2D eigenvalue weighted by Crippen LogP contribution is -2.57. The van der Waals surface area contributed by atoms with E-state index in [1.54, 1.807) is 6.07 Å². The van der Waals surface area contributed by atoms with Gasteiger partial charge in [0.2, 0.25) is 0 Å². The van der Waals surface area contributed by atoms with Gasteiger partial charge in [0, 0.05) is 37.4 Å². The van der Waals surface area contributed by atoms with E-state index in [1.807, 2.05) is 6.07 Å². The highest BCUT2D eigenvalue weighted by Crippen LogP contribution is 2.27. The van der Waals surface area contributed by atoms with Crippen molar-refractivity contribution in [2.24, 2.45) is 5.73 Å². The molecule has 0 aromatic heterocycles. The van der Waals surface area contributed by atoms with E-state index in [4.69, 9.17) is 5.73 Å². The van der Waals surface area contributed by atoms with Crippen molar-refractivity contribution in [1.29, 1.82) is 0 Å². The van der Waals surface area contributed by atoms with Crippen LogP contribution < -0.4 is 10.6 Å². The molecule has 2 N–H and O–H groups in total. The SMILES string of the molecule is CN1CCN(c2ccc(F)cc2CN)CC1(C)C. The molecular formula is C14H22FN3. The minimum Gasteiger partial charge on any atom is -0.368 e. The number of halogens is 1. The predicted molar refractivity (Wildman–Crippen MR) is 73.2 cm³/mol. The third-order valence-electron chi connectivity index (χ3n) is 3.92. The Bertz CT molecular complexity index is 431. The van der Waals surface area contributed by atoms with Crippen LogP contribution in [0.5, 0.6) is 0 Å². The first kappa shape index (κ1) is 13.3. The largest absolute Gasteiger partial charge is 0.368 e. The van der Waals surface area contributed by atoms with Gasteiger partial charge < -0.3 is 10.6 Å². The average molecular weight is 251 g/mol. The summed E-state index contributed by atoms with van der Waals surface area (Å²) in [5, 5.41) is 0. The lowest BCUT2D eigenvalue weighted by Gasteiger charge is -2.46. The van der Waals surface area contributed by atoms with Gasteiger partial charge in [-0.25, -0.2) is 4.39 Å².